The normalized spacial score (nSPS) is 21.9. The summed E-state index contributed by atoms with van der Waals surface area (Å²) in [6.07, 6.45) is 6.95. The van der Waals surface area contributed by atoms with Crippen molar-refractivity contribution < 1.29 is 9.53 Å². The van der Waals surface area contributed by atoms with E-state index in [1.165, 1.54) is 4.88 Å². The van der Waals surface area contributed by atoms with Crippen molar-refractivity contribution in [2.75, 3.05) is 0 Å². The van der Waals surface area contributed by atoms with Crippen molar-refractivity contribution in [3.8, 4) is 0 Å². The molecule has 23 heavy (non-hydrogen) atoms. The van der Waals surface area contributed by atoms with Gasteiger partial charge in [-0.3, -0.25) is 0 Å². The number of nitrogens with zero attached hydrogens (tertiary/aromatic N) is 1. The summed E-state index contributed by atoms with van der Waals surface area (Å²) >= 11 is 1.78. The van der Waals surface area contributed by atoms with Gasteiger partial charge in [-0.15, -0.1) is 11.3 Å². The molecule has 2 atom stereocenters. The average molecular weight is 340 g/mol. The Labute approximate surface area is 143 Å². The second-order valence-corrected chi connectivity index (χ2v) is 8.36. The van der Waals surface area contributed by atoms with E-state index < -0.39 is 5.60 Å². The van der Waals surface area contributed by atoms with Gasteiger partial charge in [-0.2, -0.15) is 0 Å². The summed E-state index contributed by atoms with van der Waals surface area (Å²) in [5.74, 6) is 0. The Morgan fingerprint density at radius 1 is 1.39 bits per heavy atom. The van der Waals surface area contributed by atoms with Crippen LogP contribution in [0.3, 0.4) is 0 Å². The van der Waals surface area contributed by atoms with Crippen LogP contribution in [-0.2, 0) is 17.7 Å². The Bertz CT molecular complexity index is 510. The second-order valence-electron chi connectivity index (χ2n) is 7.16. The van der Waals surface area contributed by atoms with Gasteiger partial charge < -0.3 is 15.4 Å². The Hall–Kier alpha value is -1.14. The van der Waals surface area contributed by atoms with Crippen LogP contribution in [0, 0.1) is 0 Å². The van der Waals surface area contributed by atoms with Gasteiger partial charge in [0.1, 0.15) is 10.6 Å². The zero-order valence-electron chi connectivity index (χ0n) is 14.6. The van der Waals surface area contributed by atoms with Gasteiger partial charge in [0.15, 0.2) is 0 Å². The summed E-state index contributed by atoms with van der Waals surface area (Å²) in [5, 5.41) is 7.73. The third-order valence-corrected chi connectivity index (χ3v) is 5.03. The minimum atomic E-state index is -0.446. The van der Waals surface area contributed by atoms with E-state index in [4.69, 9.17) is 4.74 Å². The molecule has 1 aliphatic carbocycles. The average Bonchev–Trinajstić information content (AvgIpc) is 2.91. The van der Waals surface area contributed by atoms with Gasteiger partial charge in [-0.25, -0.2) is 9.78 Å². The molecule has 1 aliphatic rings. The molecule has 0 spiro atoms. The van der Waals surface area contributed by atoms with Gasteiger partial charge in [0, 0.05) is 29.7 Å². The zero-order chi connectivity index (χ0) is 16.9. The number of nitrogens with one attached hydrogen (secondary N) is 2. The van der Waals surface area contributed by atoms with E-state index in [-0.39, 0.29) is 12.1 Å². The van der Waals surface area contributed by atoms with Crippen molar-refractivity contribution in [3.63, 3.8) is 0 Å². The van der Waals surface area contributed by atoms with Crippen molar-refractivity contribution in [3.05, 3.63) is 16.1 Å². The molecule has 1 fully saturated rings. The molecule has 1 aromatic rings. The lowest BCUT2D eigenvalue weighted by molar-refractivity contribution is 0.0488. The largest absolute Gasteiger partial charge is 0.444 e. The van der Waals surface area contributed by atoms with Crippen molar-refractivity contribution >= 4 is 17.4 Å². The summed E-state index contributed by atoms with van der Waals surface area (Å²) in [6.45, 7) is 8.62. The quantitative estimate of drug-likeness (QED) is 0.860. The van der Waals surface area contributed by atoms with Gasteiger partial charge in [0.05, 0.1) is 0 Å². The van der Waals surface area contributed by atoms with Crippen molar-refractivity contribution in [2.45, 2.75) is 84.0 Å². The van der Waals surface area contributed by atoms with Crippen LogP contribution in [0.1, 0.15) is 63.3 Å². The lowest BCUT2D eigenvalue weighted by atomic mass is 9.91. The standard InChI is InChI=1S/C17H29N3O2S/c1-5-14-10-19-15(23-14)11-18-12-7-6-8-13(9-12)20-16(21)22-17(2,3)4/h10,12-13,18H,5-9,11H2,1-4H3,(H,20,21). The van der Waals surface area contributed by atoms with E-state index in [9.17, 15) is 4.79 Å². The Morgan fingerprint density at radius 3 is 2.78 bits per heavy atom. The third kappa shape index (κ3) is 6.47. The fourth-order valence-corrected chi connectivity index (χ4v) is 3.62. The summed E-state index contributed by atoms with van der Waals surface area (Å²) in [6, 6.07) is 0.622. The molecular weight excluding hydrogens is 310 g/mol. The number of alkyl carbamates (subject to hydrolysis) is 1. The fraction of sp³-hybridized carbons (Fsp3) is 0.765. The van der Waals surface area contributed by atoms with E-state index in [0.717, 1.165) is 43.7 Å². The minimum absolute atomic E-state index is 0.193. The van der Waals surface area contributed by atoms with E-state index in [0.29, 0.717) is 6.04 Å². The van der Waals surface area contributed by atoms with Crippen molar-refractivity contribution in [2.24, 2.45) is 0 Å². The SMILES string of the molecule is CCc1cnc(CNC2CCCC(NC(=O)OC(C)(C)C)C2)s1. The maximum atomic E-state index is 11.9. The summed E-state index contributed by atoms with van der Waals surface area (Å²) in [7, 11) is 0. The number of ether oxygens (including phenoxy) is 1. The number of hydrogen-bond donors (Lipinski definition) is 2. The first kappa shape index (κ1) is 18.2. The van der Waals surface area contributed by atoms with Gasteiger partial charge >= 0.3 is 6.09 Å². The van der Waals surface area contributed by atoms with Crippen LogP contribution in [0.5, 0.6) is 0 Å². The van der Waals surface area contributed by atoms with E-state index in [1.54, 1.807) is 11.3 Å². The molecule has 0 aromatic carbocycles. The molecule has 0 bridgehead atoms. The highest BCUT2D eigenvalue weighted by Crippen LogP contribution is 2.20. The van der Waals surface area contributed by atoms with E-state index in [2.05, 4.69) is 22.5 Å². The van der Waals surface area contributed by atoms with Crippen LogP contribution >= 0.6 is 11.3 Å². The Morgan fingerprint density at radius 2 is 2.13 bits per heavy atom. The highest BCUT2D eigenvalue weighted by Gasteiger charge is 2.25. The fourth-order valence-electron chi connectivity index (χ4n) is 2.81. The van der Waals surface area contributed by atoms with Crippen molar-refractivity contribution in [1.29, 1.82) is 0 Å². The van der Waals surface area contributed by atoms with Crippen LogP contribution < -0.4 is 10.6 Å². The second kappa shape index (κ2) is 8.11. The number of rotatable bonds is 5. The maximum absolute atomic E-state index is 11.9. The minimum Gasteiger partial charge on any atom is -0.444 e. The number of carbonyl (C=O) groups excluding carboxylic acids is 1. The molecule has 6 heteroatoms. The molecule has 130 valence electrons. The molecule has 2 unspecified atom stereocenters. The topological polar surface area (TPSA) is 63.2 Å². The number of amides is 1. The van der Waals surface area contributed by atoms with Crippen LogP contribution in [0.4, 0.5) is 4.79 Å². The van der Waals surface area contributed by atoms with Crippen LogP contribution in [0.25, 0.3) is 0 Å². The van der Waals surface area contributed by atoms with Crippen LogP contribution in [0.15, 0.2) is 6.20 Å². The first-order chi connectivity index (χ1) is 10.9. The van der Waals surface area contributed by atoms with Gasteiger partial charge in [0.2, 0.25) is 0 Å². The molecule has 1 amide bonds. The molecule has 0 aliphatic heterocycles. The number of hydrogen-bond acceptors (Lipinski definition) is 5. The van der Waals surface area contributed by atoms with Gasteiger partial charge in [-0.1, -0.05) is 6.92 Å². The lowest BCUT2D eigenvalue weighted by Gasteiger charge is -2.31. The van der Waals surface area contributed by atoms with Gasteiger partial charge in [0.25, 0.3) is 0 Å². The number of aryl methyl sites for hydroxylation is 1. The third-order valence-electron chi connectivity index (χ3n) is 3.89. The number of carbonyl (C=O) groups is 1. The Balaban J connectivity index is 1.75. The molecule has 1 heterocycles. The number of aromatic nitrogens is 1. The Kier molecular flexibility index (Phi) is 6.41. The first-order valence-electron chi connectivity index (χ1n) is 8.52. The molecule has 5 nitrogen and oxygen atoms in total. The molecular formula is C17H29N3O2S. The summed E-state index contributed by atoms with van der Waals surface area (Å²) in [5.41, 5.74) is -0.446. The predicted octanol–water partition coefficient (Wildman–Crippen LogP) is 3.63. The first-order valence-corrected chi connectivity index (χ1v) is 9.34. The molecule has 1 saturated carbocycles. The summed E-state index contributed by atoms with van der Waals surface area (Å²) in [4.78, 5) is 17.7. The number of thiazole rings is 1. The van der Waals surface area contributed by atoms with E-state index in [1.807, 2.05) is 27.0 Å². The smallest absolute Gasteiger partial charge is 0.407 e. The zero-order valence-corrected chi connectivity index (χ0v) is 15.5. The molecule has 0 radical (unpaired) electrons. The van der Waals surface area contributed by atoms with Crippen LogP contribution in [0.2, 0.25) is 0 Å². The highest BCUT2D eigenvalue weighted by molar-refractivity contribution is 7.11. The monoisotopic (exact) mass is 339 g/mol. The predicted molar refractivity (Wildman–Crippen MR) is 93.7 cm³/mol. The van der Waals surface area contributed by atoms with Gasteiger partial charge in [-0.05, 0) is 52.9 Å². The lowest BCUT2D eigenvalue weighted by Crippen LogP contribution is -2.45. The maximum Gasteiger partial charge on any atom is 0.407 e. The van der Waals surface area contributed by atoms with E-state index >= 15 is 0 Å². The molecule has 1 aromatic heterocycles. The molecule has 0 saturated heterocycles. The highest BCUT2D eigenvalue weighted by atomic mass is 32.1. The van der Waals surface area contributed by atoms with Crippen LogP contribution in [-0.4, -0.2) is 28.8 Å². The van der Waals surface area contributed by atoms with Crippen molar-refractivity contribution in [1.82, 2.24) is 15.6 Å². The molecule has 2 N–H and O–H groups in total. The molecule has 2 rings (SSSR count). The summed E-state index contributed by atoms with van der Waals surface area (Å²) < 4.78 is 5.34.